The van der Waals surface area contributed by atoms with Crippen LogP contribution < -0.4 is 14.8 Å². The average molecular weight is 335 g/mol. The number of aryl methyl sites for hydroxylation is 1. The number of nitrogens with zero attached hydrogens (tertiary/aromatic N) is 1. The summed E-state index contributed by atoms with van der Waals surface area (Å²) >= 11 is 6.24. The van der Waals surface area contributed by atoms with Crippen molar-refractivity contribution in [3.63, 3.8) is 0 Å². The number of aromatic nitrogens is 1. The lowest BCUT2D eigenvalue weighted by atomic mass is 10.1. The van der Waals surface area contributed by atoms with Crippen LogP contribution in [0, 0.1) is 6.92 Å². The lowest BCUT2D eigenvalue weighted by Gasteiger charge is -2.16. The highest BCUT2D eigenvalue weighted by Gasteiger charge is 2.17. The first-order chi connectivity index (χ1) is 10.9. The van der Waals surface area contributed by atoms with Crippen LogP contribution in [0.3, 0.4) is 0 Å². The summed E-state index contributed by atoms with van der Waals surface area (Å²) in [7, 11) is 1.50. The summed E-state index contributed by atoms with van der Waals surface area (Å²) in [5.41, 5.74) is 1.24. The molecule has 0 aliphatic heterocycles. The number of rotatable bonds is 5. The summed E-state index contributed by atoms with van der Waals surface area (Å²) in [5.74, 6) is 1.03. The predicted octanol–water partition coefficient (Wildman–Crippen LogP) is 4.09. The van der Waals surface area contributed by atoms with E-state index in [1.807, 2.05) is 32.9 Å². The van der Waals surface area contributed by atoms with Crippen LogP contribution in [0.2, 0.25) is 5.02 Å². The van der Waals surface area contributed by atoms with Gasteiger partial charge < -0.3 is 14.8 Å². The van der Waals surface area contributed by atoms with Crippen molar-refractivity contribution in [2.75, 3.05) is 12.4 Å². The molecule has 23 heavy (non-hydrogen) atoms. The van der Waals surface area contributed by atoms with E-state index in [2.05, 4.69) is 10.3 Å². The molecule has 6 heteroatoms. The molecule has 122 valence electrons. The molecule has 0 unspecified atom stereocenters. The molecule has 5 nitrogen and oxygen atoms in total. The molecule has 0 fully saturated rings. The number of hydrogen-bond acceptors (Lipinski definition) is 4. The van der Waals surface area contributed by atoms with Gasteiger partial charge in [0.05, 0.1) is 18.2 Å². The van der Waals surface area contributed by atoms with E-state index in [9.17, 15) is 4.79 Å². The molecular formula is C17H19ClN2O3. The molecule has 0 bridgehead atoms. The first kappa shape index (κ1) is 17.1. The number of amides is 1. The van der Waals surface area contributed by atoms with Gasteiger partial charge in [0.1, 0.15) is 5.82 Å². The molecule has 1 amide bonds. The number of carbonyl (C=O) groups excluding carboxylic acids is 1. The van der Waals surface area contributed by atoms with Gasteiger partial charge in [-0.15, -0.1) is 0 Å². The van der Waals surface area contributed by atoms with Gasteiger partial charge in [-0.1, -0.05) is 17.7 Å². The molecule has 0 atom stereocenters. The fraction of sp³-hybridized carbons (Fsp3) is 0.294. The number of pyridine rings is 1. The van der Waals surface area contributed by atoms with E-state index in [1.54, 1.807) is 18.3 Å². The Morgan fingerprint density at radius 2 is 2.09 bits per heavy atom. The Bertz CT molecular complexity index is 717. The van der Waals surface area contributed by atoms with E-state index in [4.69, 9.17) is 21.1 Å². The minimum absolute atomic E-state index is 0.0581. The zero-order valence-electron chi connectivity index (χ0n) is 13.5. The number of anilines is 1. The molecule has 0 saturated heterocycles. The van der Waals surface area contributed by atoms with Crippen molar-refractivity contribution in [2.45, 2.75) is 26.9 Å². The van der Waals surface area contributed by atoms with Gasteiger partial charge in [-0.2, -0.15) is 0 Å². The molecule has 0 saturated carbocycles. The van der Waals surface area contributed by atoms with E-state index >= 15 is 0 Å². The van der Waals surface area contributed by atoms with Crippen molar-refractivity contribution >= 4 is 23.3 Å². The van der Waals surface area contributed by atoms with Gasteiger partial charge >= 0.3 is 0 Å². The summed E-state index contributed by atoms with van der Waals surface area (Å²) in [6.07, 6.45) is 1.56. The van der Waals surface area contributed by atoms with Gasteiger partial charge in [0.25, 0.3) is 5.91 Å². The second-order valence-corrected chi connectivity index (χ2v) is 5.69. The summed E-state index contributed by atoms with van der Waals surface area (Å²) < 4.78 is 10.9. The number of nitrogens with one attached hydrogen (secondary N) is 1. The normalized spacial score (nSPS) is 10.5. The Kier molecular flexibility index (Phi) is 5.45. The van der Waals surface area contributed by atoms with Gasteiger partial charge in [-0.05, 0) is 44.5 Å². The van der Waals surface area contributed by atoms with Gasteiger partial charge in [0.15, 0.2) is 11.5 Å². The van der Waals surface area contributed by atoms with Crippen molar-refractivity contribution in [1.29, 1.82) is 0 Å². The molecular weight excluding hydrogens is 316 g/mol. The molecule has 2 rings (SSSR count). The molecule has 0 aliphatic carbocycles. The molecule has 1 aromatic carbocycles. The third-order valence-corrected chi connectivity index (χ3v) is 3.37. The summed E-state index contributed by atoms with van der Waals surface area (Å²) in [6.45, 7) is 5.65. The Morgan fingerprint density at radius 1 is 1.35 bits per heavy atom. The lowest BCUT2D eigenvalue weighted by Crippen LogP contribution is -2.15. The van der Waals surface area contributed by atoms with E-state index in [0.717, 1.165) is 5.56 Å². The number of methoxy groups -OCH3 is 1. The monoisotopic (exact) mass is 334 g/mol. The van der Waals surface area contributed by atoms with E-state index in [0.29, 0.717) is 27.9 Å². The zero-order chi connectivity index (χ0) is 17.0. The number of hydrogen-bond donors (Lipinski definition) is 1. The molecule has 1 heterocycles. The second-order valence-electron chi connectivity index (χ2n) is 5.28. The lowest BCUT2D eigenvalue weighted by molar-refractivity contribution is 0.102. The molecule has 1 aromatic heterocycles. The van der Waals surface area contributed by atoms with Crippen LogP contribution in [-0.2, 0) is 0 Å². The Labute approximate surface area is 140 Å². The fourth-order valence-corrected chi connectivity index (χ4v) is 2.25. The van der Waals surface area contributed by atoms with Crippen LogP contribution in [0.1, 0.15) is 29.8 Å². The summed E-state index contributed by atoms with van der Waals surface area (Å²) in [5, 5.41) is 3.08. The van der Waals surface area contributed by atoms with E-state index in [1.165, 1.54) is 7.11 Å². The topological polar surface area (TPSA) is 60.5 Å². The maximum absolute atomic E-state index is 12.4. The molecule has 0 aliphatic rings. The highest BCUT2D eigenvalue weighted by atomic mass is 35.5. The minimum atomic E-state index is -0.317. The minimum Gasteiger partial charge on any atom is -0.493 e. The summed E-state index contributed by atoms with van der Waals surface area (Å²) in [6, 6.07) is 6.82. The van der Waals surface area contributed by atoms with Crippen molar-refractivity contribution in [2.24, 2.45) is 0 Å². The van der Waals surface area contributed by atoms with Crippen LogP contribution in [-0.4, -0.2) is 24.1 Å². The van der Waals surface area contributed by atoms with Crippen LogP contribution in [0.5, 0.6) is 11.5 Å². The van der Waals surface area contributed by atoms with Crippen LogP contribution in [0.4, 0.5) is 5.82 Å². The van der Waals surface area contributed by atoms with Crippen molar-refractivity contribution in [1.82, 2.24) is 4.98 Å². The van der Waals surface area contributed by atoms with Crippen LogP contribution in [0.15, 0.2) is 30.5 Å². The average Bonchev–Trinajstić information content (AvgIpc) is 2.50. The highest BCUT2D eigenvalue weighted by molar-refractivity contribution is 6.32. The van der Waals surface area contributed by atoms with Gasteiger partial charge in [0, 0.05) is 11.8 Å². The Balaban J connectivity index is 2.31. The number of ether oxygens (including phenoxy) is 2. The van der Waals surface area contributed by atoms with Crippen LogP contribution >= 0.6 is 11.6 Å². The number of benzene rings is 1. The number of carbonyl (C=O) groups is 1. The second kappa shape index (κ2) is 7.33. The third-order valence-electron chi connectivity index (χ3n) is 3.09. The SMILES string of the molecule is COc1cc(C(=O)Nc2ncccc2C)cc(Cl)c1OC(C)C. The predicted molar refractivity (Wildman–Crippen MR) is 90.7 cm³/mol. The van der Waals surface area contributed by atoms with Gasteiger partial charge in [-0.25, -0.2) is 4.98 Å². The summed E-state index contributed by atoms with van der Waals surface area (Å²) in [4.78, 5) is 16.6. The van der Waals surface area contributed by atoms with E-state index < -0.39 is 0 Å². The van der Waals surface area contributed by atoms with Crippen molar-refractivity contribution in [3.05, 3.63) is 46.6 Å². The van der Waals surface area contributed by atoms with Crippen LogP contribution in [0.25, 0.3) is 0 Å². The third kappa shape index (κ3) is 4.13. The Hall–Kier alpha value is -2.27. The Morgan fingerprint density at radius 3 is 2.70 bits per heavy atom. The maximum Gasteiger partial charge on any atom is 0.257 e. The quantitative estimate of drug-likeness (QED) is 0.894. The largest absolute Gasteiger partial charge is 0.493 e. The first-order valence-corrected chi connectivity index (χ1v) is 7.57. The first-order valence-electron chi connectivity index (χ1n) is 7.19. The number of halogens is 1. The van der Waals surface area contributed by atoms with Gasteiger partial charge in [0.2, 0.25) is 0 Å². The van der Waals surface area contributed by atoms with E-state index in [-0.39, 0.29) is 12.0 Å². The molecule has 1 N–H and O–H groups in total. The van der Waals surface area contributed by atoms with Crippen molar-refractivity contribution < 1.29 is 14.3 Å². The standard InChI is InChI=1S/C17H19ClN2O3/c1-10(2)23-15-13(18)8-12(9-14(15)22-4)17(21)20-16-11(3)6-5-7-19-16/h5-10H,1-4H3,(H,19,20,21). The molecule has 0 spiro atoms. The molecule has 0 radical (unpaired) electrons. The van der Waals surface area contributed by atoms with Crippen molar-refractivity contribution in [3.8, 4) is 11.5 Å². The highest BCUT2D eigenvalue weighted by Crippen LogP contribution is 2.37. The zero-order valence-corrected chi connectivity index (χ0v) is 14.3. The van der Waals surface area contributed by atoms with Gasteiger partial charge in [-0.3, -0.25) is 4.79 Å². The smallest absolute Gasteiger partial charge is 0.257 e. The molecule has 2 aromatic rings. The maximum atomic E-state index is 12.4. The fourth-order valence-electron chi connectivity index (χ4n) is 2.00.